The molecule has 2 aromatic rings. The molecule has 22 heavy (non-hydrogen) atoms. The van der Waals surface area contributed by atoms with E-state index in [-0.39, 0.29) is 18.2 Å². The Hall–Kier alpha value is -1.96. The van der Waals surface area contributed by atoms with Gasteiger partial charge >= 0.3 is 0 Å². The third-order valence-corrected chi connectivity index (χ3v) is 4.20. The van der Waals surface area contributed by atoms with Crippen molar-refractivity contribution in [1.29, 1.82) is 0 Å². The zero-order chi connectivity index (χ0) is 15.7. The summed E-state index contributed by atoms with van der Waals surface area (Å²) in [6, 6.07) is 11.4. The molecule has 0 aliphatic carbocycles. The molecule has 0 spiro atoms. The fourth-order valence-electron chi connectivity index (χ4n) is 2.43. The molecule has 1 heterocycles. The second-order valence-corrected chi connectivity index (χ2v) is 6.28. The number of amides is 2. The van der Waals surface area contributed by atoms with Gasteiger partial charge in [0.05, 0.1) is 5.92 Å². The lowest BCUT2D eigenvalue weighted by molar-refractivity contribution is -0.123. The van der Waals surface area contributed by atoms with Gasteiger partial charge in [-0.1, -0.05) is 6.07 Å². The van der Waals surface area contributed by atoms with Gasteiger partial charge in [-0.3, -0.25) is 9.59 Å². The summed E-state index contributed by atoms with van der Waals surface area (Å²) in [6.45, 7) is 0. The van der Waals surface area contributed by atoms with Crippen molar-refractivity contribution < 1.29 is 14.0 Å². The first kappa shape index (κ1) is 15.0. The first-order valence-electron chi connectivity index (χ1n) is 6.68. The van der Waals surface area contributed by atoms with E-state index in [4.69, 9.17) is 0 Å². The molecular weight excluding hydrogens is 398 g/mol. The first-order chi connectivity index (χ1) is 10.5. The average Bonchev–Trinajstić information content (AvgIpc) is 2.48. The van der Waals surface area contributed by atoms with Gasteiger partial charge in [-0.05, 0) is 64.6 Å². The lowest BCUT2D eigenvalue weighted by atomic mass is 9.89. The fraction of sp³-hybridized carbons (Fsp3) is 0.125. The van der Waals surface area contributed by atoms with Crippen molar-refractivity contribution in [2.24, 2.45) is 0 Å². The first-order valence-corrected chi connectivity index (χ1v) is 7.76. The number of rotatable bonds is 2. The van der Waals surface area contributed by atoms with E-state index in [1.165, 1.54) is 12.1 Å². The van der Waals surface area contributed by atoms with Crippen LogP contribution in [0.15, 0.2) is 42.5 Å². The van der Waals surface area contributed by atoms with E-state index in [9.17, 15) is 14.0 Å². The molecule has 0 unspecified atom stereocenters. The second-order valence-electron chi connectivity index (χ2n) is 5.03. The molecule has 112 valence electrons. The van der Waals surface area contributed by atoms with Gasteiger partial charge in [0, 0.05) is 21.4 Å². The third-order valence-electron chi connectivity index (χ3n) is 3.48. The summed E-state index contributed by atoms with van der Waals surface area (Å²) in [5.41, 5.74) is 1.66. The predicted octanol–water partition coefficient (Wildman–Crippen LogP) is 3.49. The van der Waals surface area contributed by atoms with Crippen molar-refractivity contribution in [2.75, 3.05) is 10.6 Å². The Balaban J connectivity index is 1.86. The third kappa shape index (κ3) is 3.11. The van der Waals surface area contributed by atoms with Crippen LogP contribution in [0.25, 0.3) is 0 Å². The van der Waals surface area contributed by atoms with Crippen LogP contribution in [-0.2, 0) is 9.59 Å². The topological polar surface area (TPSA) is 58.2 Å². The summed E-state index contributed by atoms with van der Waals surface area (Å²) in [5.74, 6) is -1.63. The largest absolute Gasteiger partial charge is 0.326 e. The molecule has 0 saturated carbocycles. The molecule has 2 aromatic carbocycles. The number of fused-ring (bicyclic) bond motifs is 1. The van der Waals surface area contributed by atoms with Gasteiger partial charge < -0.3 is 10.6 Å². The highest BCUT2D eigenvalue weighted by atomic mass is 127. The smallest absolute Gasteiger partial charge is 0.232 e. The van der Waals surface area contributed by atoms with Crippen LogP contribution in [-0.4, -0.2) is 11.8 Å². The molecular formula is C16H12FIN2O2. The fourth-order valence-corrected chi connectivity index (χ4v) is 2.79. The van der Waals surface area contributed by atoms with Gasteiger partial charge in [-0.15, -0.1) is 0 Å². The number of anilines is 2. The van der Waals surface area contributed by atoms with Crippen molar-refractivity contribution in [3.8, 4) is 0 Å². The van der Waals surface area contributed by atoms with Crippen LogP contribution in [0.4, 0.5) is 15.8 Å². The number of hydrogen-bond acceptors (Lipinski definition) is 2. The van der Waals surface area contributed by atoms with Crippen LogP contribution in [0, 0.1) is 9.39 Å². The Morgan fingerprint density at radius 1 is 1.23 bits per heavy atom. The Kier molecular flexibility index (Phi) is 4.10. The summed E-state index contributed by atoms with van der Waals surface area (Å²) >= 11 is 2.18. The van der Waals surface area contributed by atoms with Gasteiger partial charge in [0.1, 0.15) is 5.82 Å². The molecule has 0 radical (unpaired) electrons. The lowest BCUT2D eigenvalue weighted by Gasteiger charge is -2.24. The van der Waals surface area contributed by atoms with Crippen LogP contribution < -0.4 is 10.6 Å². The molecule has 1 atom stereocenters. The van der Waals surface area contributed by atoms with E-state index in [1.54, 1.807) is 18.2 Å². The van der Waals surface area contributed by atoms with E-state index in [0.29, 0.717) is 16.9 Å². The number of carbonyl (C=O) groups excluding carboxylic acids is 2. The van der Waals surface area contributed by atoms with E-state index in [2.05, 4.69) is 33.2 Å². The zero-order valence-electron chi connectivity index (χ0n) is 11.4. The molecule has 2 amide bonds. The second kappa shape index (κ2) is 6.04. The number of hydrogen-bond donors (Lipinski definition) is 2. The maximum Gasteiger partial charge on any atom is 0.232 e. The van der Waals surface area contributed by atoms with Crippen molar-refractivity contribution in [1.82, 2.24) is 0 Å². The minimum atomic E-state index is -0.622. The minimum absolute atomic E-state index is 0.0504. The number of benzene rings is 2. The van der Waals surface area contributed by atoms with E-state index >= 15 is 0 Å². The molecule has 0 bridgehead atoms. The Morgan fingerprint density at radius 2 is 1.95 bits per heavy atom. The summed E-state index contributed by atoms with van der Waals surface area (Å²) in [5, 5.41) is 5.40. The summed E-state index contributed by atoms with van der Waals surface area (Å²) in [7, 11) is 0. The van der Waals surface area contributed by atoms with Crippen LogP contribution in [0.1, 0.15) is 17.9 Å². The summed E-state index contributed by atoms with van der Waals surface area (Å²) in [4.78, 5) is 24.2. The van der Waals surface area contributed by atoms with Gasteiger partial charge in [0.15, 0.2) is 0 Å². The van der Waals surface area contributed by atoms with Crippen LogP contribution >= 0.6 is 22.6 Å². The maximum atomic E-state index is 13.3. The Bertz CT molecular complexity index is 746. The van der Waals surface area contributed by atoms with Crippen molar-refractivity contribution in [3.63, 3.8) is 0 Å². The number of nitrogens with one attached hydrogen (secondary N) is 2. The van der Waals surface area contributed by atoms with Crippen LogP contribution in [0.2, 0.25) is 0 Å². The molecule has 3 rings (SSSR count). The van der Waals surface area contributed by atoms with Gasteiger partial charge in [0.25, 0.3) is 0 Å². The Morgan fingerprint density at radius 3 is 2.68 bits per heavy atom. The molecule has 0 aromatic heterocycles. The van der Waals surface area contributed by atoms with Crippen molar-refractivity contribution in [3.05, 3.63) is 57.4 Å². The lowest BCUT2D eigenvalue weighted by Crippen LogP contribution is -2.30. The molecule has 1 aliphatic rings. The quantitative estimate of drug-likeness (QED) is 0.745. The van der Waals surface area contributed by atoms with E-state index < -0.39 is 11.7 Å². The normalized spacial score (nSPS) is 16.6. The predicted molar refractivity (Wildman–Crippen MR) is 90.2 cm³/mol. The summed E-state index contributed by atoms with van der Waals surface area (Å²) < 4.78 is 14.3. The molecule has 2 N–H and O–H groups in total. The van der Waals surface area contributed by atoms with Crippen LogP contribution in [0.3, 0.4) is 0 Å². The minimum Gasteiger partial charge on any atom is -0.326 e. The number of halogens is 2. The van der Waals surface area contributed by atoms with Crippen LogP contribution in [0.5, 0.6) is 0 Å². The zero-order valence-corrected chi connectivity index (χ0v) is 13.6. The molecule has 1 aliphatic heterocycles. The van der Waals surface area contributed by atoms with E-state index in [0.717, 1.165) is 3.57 Å². The number of carbonyl (C=O) groups is 2. The highest BCUT2D eigenvalue weighted by molar-refractivity contribution is 14.1. The van der Waals surface area contributed by atoms with Gasteiger partial charge in [-0.2, -0.15) is 0 Å². The molecule has 6 heteroatoms. The monoisotopic (exact) mass is 410 g/mol. The highest BCUT2D eigenvalue weighted by Gasteiger charge is 2.30. The standard InChI is InChI=1S/C16H12FIN2O2/c17-9-1-6-12-13(8-15(21)20-14(12)7-9)16(22)19-11-4-2-10(18)3-5-11/h1-7,13H,8H2,(H,19,22)(H,20,21)/t13-/m0/s1. The Labute approximate surface area is 140 Å². The van der Waals surface area contributed by atoms with Gasteiger partial charge in [-0.25, -0.2) is 4.39 Å². The van der Waals surface area contributed by atoms with Crippen molar-refractivity contribution in [2.45, 2.75) is 12.3 Å². The highest BCUT2D eigenvalue weighted by Crippen LogP contribution is 2.33. The summed E-state index contributed by atoms with van der Waals surface area (Å²) in [6.07, 6.45) is 0.0504. The maximum absolute atomic E-state index is 13.3. The molecule has 0 saturated heterocycles. The SMILES string of the molecule is O=C1C[C@H](C(=O)Nc2ccc(I)cc2)c2ccc(F)cc2N1. The molecule has 0 fully saturated rings. The average molecular weight is 410 g/mol. The van der Waals surface area contributed by atoms with E-state index in [1.807, 2.05) is 12.1 Å². The molecule has 4 nitrogen and oxygen atoms in total. The van der Waals surface area contributed by atoms with Gasteiger partial charge in [0.2, 0.25) is 11.8 Å². The van der Waals surface area contributed by atoms with Crippen molar-refractivity contribution >= 4 is 45.8 Å².